The lowest BCUT2D eigenvalue weighted by atomic mass is 10.0. The summed E-state index contributed by atoms with van der Waals surface area (Å²) in [6.45, 7) is 3.49. The van der Waals surface area contributed by atoms with Crippen LogP contribution >= 0.6 is 11.3 Å². The van der Waals surface area contributed by atoms with Gasteiger partial charge >= 0.3 is 5.97 Å². The van der Waals surface area contributed by atoms with Crippen LogP contribution in [0.25, 0.3) is 0 Å². The Balaban J connectivity index is 1.71. The van der Waals surface area contributed by atoms with Gasteiger partial charge in [-0.1, -0.05) is 0 Å². The van der Waals surface area contributed by atoms with Gasteiger partial charge in [0.05, 0.1) is 5.56 Å². The number of thiophene rings is 1. The fraction of sp³-hybridized carbons (Fsp3) is 0.583. The van der Waals surface area contributed by atoms with Gasteiger partial charge in [0.15, 0.2) is 0 Å². The van der Waals surface area contributed by atoms with Crippen molar-refractivity contribution in [2.75, 3.05) is 19.8 Å². The molecule has 2 heterocycles. The van der Waals surface area contributed by atoms with Crippen molar-refractivity contribution in [2.45, 2.75) is 19.4 Å². The SMILES string of the molecule is O=C(O)c1csc(CNCC2CCOCC2)c1. The maximum atomic E-state index is 10.7. The molecule has 0 unspecified atom stereocenters. The zero-order valence-corrected chi connectivity index (χ0v) is 10.5. The lowest BCUT2D eigenvalue weighted by Gasteiger charge is -2.22. The number of ether oxygens (including phenoxy) is 1. The minimum absolute atomic E-state index is 0.387. The van der Waals surface area contributed by atoms with Crippen molar-refractivity contribution in [3.05, 3.63) is 21.9 Å². The van der Waals surface area contributed by atoms with Gasteiger partial charge in [-0.15, -0.1) is 11.3 Å². The molecule has 1 aromatic rings. The van der Waals surface area contributed by atoms with Crippen LogP contribution in [0, 0.1) is 5.92 Å². The number of rotatable bonds is 5. The molecule has 0 aliphatic carbocycles. The summed E-state index contributed by atoms with van der Waals surface area (Å²) in [6.07, 6.45) is 2.25. The molecule has 94 valence electrons. The van der Waals surface area contributed by atoms with E-state index in [1.807, 2.05) is 0 Å². The number of aromatic carboxylic acids is 1. The molecule has 0 aromatic carbocycles. The maximum absolute atomic E-state index is 10.7. The van der Waals surface area contributed by atoms with Crippen molar-refractivity contribution in [2.24, 2.45) is 5.92 Å². The highest BCUT2D eigenvalue weighted by Crippen LogP contribution is 2.16. The zero-order chi connectivity index (χ0) is 12.1. The molecule has 1 aliphatic rings. The largest absolute Gasteiger partial charge is 0.478 e. The Hall–Kier alpha value is -0.910. The normalized spacial score (nSPS) is 17.2. The summed E-state index contributed by atoms with van der Waals surface area (Å²) in [6, 6.07) is 1.74. The Morgan fingerprint density at radius 2 is 2.29 bits per heavy atom. The van der Waals surface area contributed by atoms with Crippen LogP contribution in [-0.4, -0.2) is 30.8 Å². The number of carboxylic acid groups (broad SMARTS) is 1. The molecule has 4 nitrogen and oxygen atoms in total. The van der Waals surface area contributed by atoms with Crippen molar-refractivity contribution < 1.29 is 14.6 Å². The molecule has 0 spiro atoms. The molecule has 5 heteroatoms. The Kier molecular flexibility index (Phi) is 4.53. The number of nitrogens with one attached hydrogen (secondary N) is 1. The number of carbonyl (C=O) groups is 1. The molecular formula is C12H17NO3S. The van der Waals surface area contributed by atoms with Crippen LogP contribution in [0.3, 0.4) is 0 Å². The highest BCUT2D eigenvalue weighted by molar-refractivity contribution is 7.10. The summed E-state index contributed by atoms with van der Waals surface area (Å²) in [4.78, 5) is 11.8. The Labute approximate surface area is 105 Å². The van der Waals surface area contributed by atoms with Gasteiger partial charge in [0.1, 0.15) is 0 Å². The molecule has 2 rings (SSSR count). The second-order valence-corrected chi connectivity index (χ2v) is 5.29. The molecule has 0 atom stereocenters. The van der Waals surface area contributed by atoms with E-state index in [-0.39, 0.29) is 0 Å². The topological polar surface area (TPSA) is 58.6 Å². The monoisotopic (exact) mass is 255 g/mol. The average Bonchev–Trinajstić information content (AvgIpc) is 2.79. The predicted molar refractivity (Wildman–Crippen MR) is 66.5 cm³/mol. The van der Waals surface area contributed by atoms with Crippen molar-refractivity contribution >= 4 is 17.3 Å². The molecule has 17 heavy (non-hydrogen) atoms. The average molecular weight is 255 g/mol. The van der Waals surface area contributed by atoms with Gasteiger partial charge in [0, 0.05) is 30.0 Å². The third-order valence-corrected chi connectivity index (χ3v) is 3.91. The molecule has 1 saturated heterocycles. The summed E-state index contributed by atoms with van der Waals surface area (Å²) < 4.78 is 5.30. The van der Waals surface area contributed by atoms with Gasteiger partial charge in [0.25, 0.3) is 0 Å². The number of carboxylic acids is 1. The molecular weight excluding hydrogens is 238 g/mol. The van der Waals surface area contributed by atoms with Crippen molar-refractivity contribution in [1.29, 1.82) is 0 Å². The van der Waals surface area contributed by atoms with Crippen molar-refractivity contribution in [3.63, 3.8) is 0 Å². The lowest BCUT2D eigenvalue weighted by Crippen LogP contribution is -2.27. The first kappa shape index (κ1) is 12.5. The summed E-state index contributed by atoms with van der Waals surface area (Å²) in [5.74, 6) is -0.153. The van der Waals surface area contributed by atoms with Crippen LogP contribution in [0.2, 0.25) is 0 Å². The van der Waals surface area contributed by atoms with Gasteiger partial charge in [-0.2, -0.15) is 0 Å². The van der Waals surface area contributed by atoms with Gasteiger partial charge in [0.2, 0.25) is 0 Å². The van der Waals surface area contributed by atoms with Crippen molar-refractivity contribution in [1.82, 2.24) is 5.32 Å². The minimum atomic E-state index is -0.850. The molecule has 2 N–H and O–H groups in total. The molecule has 1 fully saturated rings. The lowest BCUT2D eigenvalue weighted by molar-refractivity contribution is 0.0662. The summed E-state index contributed by atoms with van der Waals surface area (Å²) in [7, 11) is 0. The highest BCUT2D eigenvalue weighted by Gasteiger charge is 2.13. The van der Waals surface area contributed by atoms with Gasteiger partial charge in [-0.3, -0.25) is 0 Å². The summed E-state index contributed by atoms with van der Waals surface area (Å²) in [5.41, 5.74) is 0.387. The summed E-state index contributed by atoms with van der Waals surface area (Å²) >= 11 is 1.50. The zero-order valence-electron chi connectivity index (χ0n) is 9.65. The van der Waals surface area contributed by atoms with E-state index in [0.29, 0.717) is 11.5 Å². The van der Waals surface area contributed by atoms with E-state index in [9.17, 15) is 4.79 Å². The quantitative estimate of drug-likeness (QED) is 0.844. The van der Waals surface area contributed by atoms with E-state index in [4.69, 9.17) is 9.84 Å². The van der Waals surface area contributed by atoms with Crippen molar-refractivity contribution in [3.8, 4) is 0 Å². The van der Waals surface area contributed by atoms with Crippen LogP contribution in [0.5, 0.6) is 0 Å². The first-order valence-corrected chi connectivity index (χ1v) is 6.73. The van der Waals surface area contributed by atoms with Gasteiger partial charge < -0.3 is 15.2 Å². The maximum Gasteiger partial charge on any atom is 0.336 e. The first-order valence-electron chi connectivity index (χ1n) is 5.85. The second-order valence-electron chi connectivity index (χ2n) is 4.29. The van der Waals surface area contributed by atoms with Crippen LogP contribution in [-0.2, 0) is 11.3 Å². The first-order chi connectivity index (χ1) is 8.25. The fourth-order valence-corrected chi connectivity index (χ4v) is 2.76. The van der Waals surface area contributed by atoms with Gasteiger partial charge in [-0.25, -0.2) is 4.79 Å². The fourth-order valence-electron chi connectivity index (χ4n) is 1.94. The van der Waals surface area contributed by atoms with Crippen LogP contribution in [0.4, 0.5) is 0 Å². The highest BCUT2D eigenvalue weighted by atomic mass is 32.1. The van der Waals surface area contributed by atoms with E-state index < -0.39 is 5.97 Å². The predicted octanol–water partition coefficient (Wildman–Crippen LogP) is 1.96. The smallest absolute Gasteiger partial charge is 0.336 e. The third kappa shape index (κ3) is 3.80. The standard InChI is InChI=1S/C12H17NO3S/c14-12(15)10-5-11(17-8-10)7-13-6-9-1-3-16-4-2-9/h5,8-9,13H,1-4,6-7H2,(H,14,15). The van der Waals surface area contributed by atoms with Crippen LogP contribution in [0.1, 0.15) is 28.1 Å². The van der Waals surface area contributed by atoms with E-state index in [1.54, 1.807) is 11.4 Å². The summed E-state index contributed by atoms with van der Waals surface area (Å²) in [5, 5.41) is 13.9. The molecule has 0 radical (unpaired) electrons. The number of hydrogen-bond donors (Lipinski definition) is 2. The Morgan fingerprint density at radius 1 is 1.53 bits per heavy atom. The molecule has 0 saturated carbocycles. The Bertz CT molecular complexity index is 372. The molecule has 1 aromatic heterocycles. The molecule has 0 bridgehead atoms. The van der Waals surface area contributed by atoms with E-state index in [1.165, 1.54) is 11.3 Å². The van der Waals surface area contributed by atoms with Gasteiger partial charge in [-0.05, 0) is 31.4 Å². The van der Waals surface area contributed by atoms with E-state index in [2.05, 4.69) is 5.32 Å². The van der Waals surface area contributed by atoms with E-state index in [0.717, 1.165) is 44.0 Å². The third-order valence-electron chi connectivity index (χ3n) is 2.97. The Morgan fingerprint density at radius 3 is 2.94 bits per heavy atom. The van der Waals surface area contributed by atoms with E-state index >= 15 is 0 Å². The van der Waals surface area contributed by atoms with Crippen LogP contribution in [0.15, 0.2) is 11.4 Å². The molecule has 1 aliphatic heterocycles. The minimum Gasteiger partial charge on any atom is -0.478 e. The van der Waals surface area contributed by atoms with Crippen LogP contribution < -0.4 is 5.32 Å². The molecule has 0 amide bonds. The number of hydrogen-bond acceptors (Lipinski definition) is 4. The second kappa shape index (κ2) is 6.14.